The SMILES string of the molecule is N#Cc1cc(Nc2nc(NC3CC3)c3ncc(C#N)n3n2)c(F)c(N2CCN(C3CS(=O)(=O)C[C@@H]3O)CC2C2CCC2)c1. The summed E-state index contributed by atoms with van der Waals surface area (Å²) in [5.74, 6) is -0.124. The predicted octanol–water partition coefficient (Wildman–Crippen LogP) is 1.77. The van der Waals surface area contributed by atoms with E-state index in [2.05, 4.69) is 37.8 Å². The molecular weight excluding hydrogens is 575 g/mol. The lowest BCUT2D eigenvalue weighted by Crippen LogP contribution is -2.61. The van der Waals surface area contributed by atoms with Gasteiger partial charge in [0, 0.05) is 31.7 Å². The average Bonchev–Trinajstić information content (AvgIpc) is 3.59. The highest BCUT2D eigenvalue weighted by molar-refractivity contribution is 7.91. The van der Waals surface area contributed by atoms with Gasteiger partial charge in [-0.3, -0.25) is 4.90 Å². The van der Waals surface area contributed by atoms with E-state index in [4.69, 9.17) is 0 Å². The molecule has 0 amide bonds. The molecule has 3 aromatic rings. The van der Waals surface area contributed by atoms with Gasteiger partial charge in [0.15, 0.2) is 32.8 Å². The van der Waals surface area contributed by atoms with Crippen LogP contribution in [-0.2, 0) is 9.84 Å². The van der Waals surface area contributed by atoms with Gasteiger partial charge in [0.1, 0.15) is 6.07 Å². The lowest BCUT2D eigenvalue weighted by Gasteiger charge is -2.50. The number of nitriles is 2. The third kappa shape index (κ3) is 5.22. The molecule has 4 fully saturated rings. The summed E-state index contributed by atoms with van der Waals surface area (Å²) in [5.41, 5.74) is 1.14. The standard InChI is InChI=1S/C28H31FN10O3S/c29-25-20(34-28-35-26(33-18-4-5-18)27-32-12-19(11-31)39(27)36-28)8-16(10-30)9-21(25)38-7-6-37(13-22(38)17-2-1-3-17)23-14-43(41,42)15-24(23)40/h8-9,12,17-18,22-24,40H,1-7,13-15H2,(H2,33,34,35,36)/t22?,23?,24-/m0/s1. The van der Waals surface area contributed by atoms with Crippen molar-refractivity contribution in [3.05, 3.63) is 35.4 Å². The Morgan fingerprint density at radius 1 is 1.07 bits per heavy atom. The molecule has 224 valence electrons. The van der Waals surface area contributed by atoms with Crippen LogP contribution in [0.4, 0.5) is 27.5 Å². The van der Waals surface area contributed by atoms with Gasteiger partial charge in [0.2, 0.25) is 5.95 Å². The first-order valence-corrected chi connectivity index (χ1v) is 16.4. The summed E-state index contributed by atoms with van der Waals surface area (Å²) in [7, 11) is -3.31. The fourth-order valence-corrected chi connectivity index (χ4v) is 8.27. The van der Waals surface area contributed by atoms with E-state index in [0.29, 0.717) is 31.1 Å². The molecule has 15 heteroatoms. The Balaban J connectivity index is 1.22. The third-order valence-electron chi connectivity index (χ3n) is 9.04. The van der Waals surface area contributed by atoms with Crippen molar-refractivity contribution in [3.63, 3.8) is 0 Å². The Morgan fingerprint density at radius 2 is 1.88 bits per heavy atom. The van der Waals surface area contributed by atoms with E-state index in [0.717, 1.165) is 32.1 Å². The number of piperazine rings is 1. The largest absolute Gasteiger partial charge is 0.390 e. The minimum atomic E-state index is -3.31. The number of halogens is 1. The van der Waals surface area contributed by atoms with Gasteiger partial charge in [-0.15, -0.1) is 5.10 Å². The molecule has 0 spiro atoms. The Hall–Kier alpha value is -4.05. The molecule has 2 aliphatic carbocycles. The van der Waals surface area contributed by atoms with Crippen molar-refractivity contribution in [2.24, 2.45) is 5.92 Å². The van der Waals surface area contributed by atoms with Gasteiger partial charge in [0.25, 0.3) is 0 Å². The predicted molar refractivity (Wildman–Crippen MR) is 155 cm³/mol. The number of sulfone groups is 1. The van der Waals surface area contributed by atoms with E-state index in [1.807, 2.05) is 9.80 Å². The van der Waals surface area contributed by atoms with Crippen LogP contribution in [0, 0.1) is 34.4 Å². The molecule has 0 bridgehead atoms. The highest BCUT2D eigenvalue weighted by Gasteiger charge is 2.45. The Morgan fingerprint density at radius 3 is 2.53 bits per heavy atom. The molecule has 0 radical (unpaired) electrons. The number of aromatic nitrogens is 4. The number of nitrogens with one attached hydrogen (secondary N) is 2. The number of hydrogen-bond donors (Lipinski definition) is 3. The molecule has 3 N–H and O–H groups in total. The fraction of sp³-hybridized carbons (Fsp3) is 0.536. The van der Waals surface area contributed by atoms with Gasteiger partial charge in [-0.2, -0.15) is 20.0 Å². The number of nitrogens with zero attached hydrogens (tertiary/aromatic N) is 8. The second kappa shape index (κ2) is 10.6. The molecule has 1 aromatic carbocycles. The number of aliphatic hydroxyl groups excluding tert-OH is 1. The van der Waals surface area contributed by atoms with E-state index < -0.39 is 27.8 Å². The van der Waals surface area contributed by atoms with Crippen molar-refractivity contribution < 1.29 is 17.9 Å². The monoisotopic (exact) mass is 606 g/mol. The zero-order valence-corrected chi connectivity index (χ0v) is 24.1. The minimum Gasteiger partial charge on any atom is -0.390 e. The molecule has 3 atom stereocenters. The first kappa shape index (κ1) is 27.8. The van der Waals surface area contributed by atoms with Gasteiger partial charge in [0.05, 0.1) is 52.9 Å². The summed E-state index contributed by atoms with van der Waals surface area (Å²) >= 11 is 0. The molecule has 2 unspecified atom stereocenters. The second-order valence-electron chi connectivity index (χ2n) is 11.9. The summed E-state index contributed by atoms with van der Waals surface area (Å²) in [6.45, 7) is 1.36. The van der Waals surface area contributed by atoms with Crippen LogP contribution < -0.4 is 15.5 Å². The summed E-state index contributed by atoms with van der Waals surface area (Å²) in [6.07, 6.45) is 5.45. The van der Waals surface area contributed by atoms with E-state index in [1.54, 1.807) is 6.07 Å². The van der Waals surface area contributed by atoms with Crippen LogP contribution in [0.25, 0.3) is 5.65 Å². The molecule has 4 aliphatic rings. The van der Waals surface area contributed by atoms with Crippen LogP contribution in [0.5, 0.6) is 0 Å². The second-order valence-corrected chi connectivity index (χ2v) is 14.1. The lowest BCUT2D eigenvalue weighted by molar-refractivity contribution is 0.0552. The summed E-state index contributed by atoms with van der Waals surface area (Å²) < 4.78 is 42.2. The van der Waals surface area contributed by atoms with Crippen LogP contribution in [0.2, 0.25) is 0 Å². The maximum atomic E-state index is 16.4. The fourth-order valence-electron chi connectivity index (χ4n) is 6.44. The van der Waals surface area contributed by atoms with Crippen molar-refractivity contribution in [2.75, 3.05) is 46.7 Å². The maximum Gasteiger partial charge on any atom is 0.247 e. The zero-order chi connectivity index (χ0) is 29.9. The van der Waals surface area contributed by atoms with Crippen LogP contribution in [-0.4, -0.2) is 93.4 Å². The van der Waals surface area contributed by atoms with Crippen molar-refractivity contribution in [3.8, 4) is 12.1 Å². The number of aliphatic hydroxyl groups is 1. The molecule has 13 nitrogen and oxygen atoms in total. The summed E-state index contributed by atoms with van der Waals surface area (Å²) in [4.78, 5) is 12.8. The Kier molecular flexibility index (Phi) is 6.84. The molecule has 2 saturated heterocycles. The topological polar surface area (TPSA) is 176 Å². The molecule has 2 aromatic heterocycles. The summed E-state index contributed by atoms with van der Waals surface area (Å²) in [5, 5.41) is 40.6. The lowest BCUT2D eigenvalue weighted by atomic mass is 9.77. The third-order valence-corrected chi connectivity index (χ3v) is 10.7. The van der Waals surface area contributed by atoms with Crippen LogP contribution in [0.1, 0.15) is 43.4 Å². The maximum absolute atomic E-state index is 16.4. The quantitative estimate of drug-likeness (QED) is 0.356. The number of rotatable bonds is 7. The first-order valence-electron chi connectivity index (χ1n) is 14.6. The van der Waals surface area contributed by atoms with E-state index in [9.17, 15) is 24.0 Å². The van der Waals surface area contributed by atoms with E-state index >= 15 is 4.39 Å². The molecule has 4 heterocycles. The smallest absolute Gasteiger partial charge is 0.247 e. The number of hydrogen-bond acceptors (Lipinski definition) is 12. The van der Waals surface area contributed by atoms with Crippen molar-refractivity contribution in [1.29, 1.82) is 10.5 Å². The number of benzene rings is 1. The van der Waals surface area contributed by atoms with E-state index in [1.165, 1.54) is 16.8 Å². The van der Waals surface area contributed by atoms with Crippen LogP contribution in [0.15, 0.2) is 18.3 Å². The highest BCUT2D eigenvalue weighted by Crippen LogP contribution is 2.40. The number of anilines is 4. The summed E-state index contributed by atoms with van der Waals surface area (Å²) in [6, 6.07) is 6.80. The van der Waals surface area contributed by atoms with Gasteiger partial charge in [-0.1, -0.05) is 6.42 Å². The molecule has 43 heavy (non-hydrogen) atoms. The minimum absolute atomic E-state index is 0.0245. The van der Waals surface area contributed by atoms with E-state index in [-0.39, 0.29) is 58.1 Å². The number of imidazole rings is 1. The number of fused-ring (bicyclic) bond motifs is 1. The Bertz CT molecular complexity index is 1780. The van der Waals surface area contributed by atoms with Gasteiger partial charge in [-0.05, 0) is 43.7 Å². The Labute approximate surface area is 247 Å². The van der Waals surface area contributed by atoms with Crippen LogP contribution in [0.3, 0.4) is 0 Å². The van der Waals surface area contributed by atoms with Crippen molar-refractivity contribution in [2.45, 2.75) is 56.3 Å². The van der Waals surface area contributed by atoms with Crippen molar-refractivity contribution in [1.82, 2.24) is 24.5 Å². The highest BCUT2D eigenvalue weighted by atomic mass is 32.2. The van der Waals surface area contributed by atoms with Gasteiger partial charge < -0.3 is 20.6 Å². The van der Waals surface area contributed by atoms with Crippen LogP contribution >= 0.6 is 0 Å². The van der Waals surface area contributed by atoms with Gasteiger partial charge in [-0.25, -0.2) is 17.8 Å². The molecular formula is C28H31FN10O3S. The average molecular weight is 607 g/mol. The first-order chi connectivity index (χ1) is 20.7. The molecule has 2 aliphatic heterocycles. The zero-order valence-electron chi connectivity index (χ0n) is 23.3. The normalized spacial score (nSPS) is 25.7. The molecule has 2 saturated carbocycles. The van der Waals surface area contributed by atoms with Crippen molar-refractivity contribution >= 4 is 38.6 Å². The van der Waals surface area contributed by atoms with Gasteiger partial charge >= 0.3 is 0 Å². The molecule has 7 rings (SSSR count).